The van der Waals surface area contributed by atoms with Crippen molar-refractivity contribution in [2.24, 2.45) is 0 Å². The summed E-state index contributed by atoms with van der Waals surface area (Å²) in [6, 6.07) is 9.98. The van der Waals surface area contributed by atoms with E-state index in [0.717, 1.165) is 45.7 Å². The highest BCUT2D eigenvalue weighted by atomic mass is 32.2. The smallest absolute Gasteiger partial charge is 0.413 e. The molecule has 3 aromatic heterocycles. The second kappa shape index (κ2) is 11.6. The maximum atomic E-state index is 13.1. The number of piperazine rings is 1. The average Bonchev–Trinajstić information content (AvgIpc) is 3.43. The van der Waals surface area contributed by atoms with Gasteiger partial charge in [0.1, 0.15) is 12.1 Å². The molecule has 1 aromatic carbocycles. The number of thiazole rings is 1. The largest absolute Gasteiger partial charge is 0.453 e. The molecule has 0 saturated carbocycles. The van der Waals surface area contributed by atoms with Crippen LogP contribution in [0, 0.1) is 0 Å². The van der Waals surface area contributed by atoms with Gasteiger partial charge in [0.2, 0.25) is 0 Å². The van der Waals surface area contributed by atoms with E-state index in [1.807, 2.05) is 36.5 Å². The molecule has 14 heteroatoms. The number of sulfonamides is 1. The van der Waals surface area contributed by atoms with Crippen LogP contribution >= 0.6 is 11.3 Å². The summed E-state index contributed by atoms with van der Waals surface area (Å²) < 4.78 is 32.2. The van der Waals surface area contributed by atoms with E-state index in [2.05, 4.69) is 47.1 Å². The Morgan fingerprint density at radius 1 is 1.10 bits per heavy atom. The minimum Gasteiger partial charge on any atom is -0.453 e. The Kier molecular flexibility index (Phi) is 7.97. The average molecular weight is 569 g/mol. The SMILES string of the molecule is COC(=O)Nc1ncc(S(=O)(=O)N2CCN(C[C@H](C)Nc3ncnc4c(-c5cccnc5)cccc34)CC2)s1. The minimum absolute atomic E-state index is 0.0572. The number of hydrogen-bond acceptors (Lipinski definition) is 11. The van der Waals surface area contributed by atoms with E-state index < -0.39 is 16.1 Å². The Labute approximate surface area is 230 Å². The van der Waals surface area contributed by atoms with Crippen LogP contribution in [-0.2, 0) is 14.8 Å². The molecule has 1 saturated heterocycles. The first-order valence-electron chi connectivity index (χ1n) is 12.3. The van der Waals surface area contributed by atoms with Gasteiger partial charge in [0.15, 0.2) is 9.34 Å². The van der Waals surface area contributed by atoms with E-state index in [9.17, 15) is 13.2 Å². The summed E-state index contributed by atoms with van der Waals surface area (Å²) in [7, 11) is -2.47. The second-order valence-electron chi connectivity index (χ2n) is 9.02. The van der Waals surface area contributed by atoms with E-state index in [1.165, 1.54) is 17.6 Å². The molecule has 1 atom stereocenters. The molecule has 5 rings (SSSR count). The van der Waals surface area contributed by atoms with E-state index in [1.54, 1.807) is 12.5 Å². The topological polar surface area (TPSA) is 143 Å². The number of carbonyl (C=O) groups is 1. The van der Waals surface area contributed by atoms with Gasteiger partial charge in [-0.15, -0.1) is 0 Å². The van der Waals surface area contributed by atoms with Gasteiger partial charge in [-0.2, -0.15) is 4.31 Å². The van der Waals surface area contributed by atoms with Gasteiger partial charge in [0, 0.05) is 67.7 Å². The molecule has 1 aliphatic rings. The second-order valence-corrected chi connectivity index (χ2v) is 12.2. The number of hydrogen-bond donors (Lipinski definition) is 2. The van der Waals surface area contributed by atoms with Crippen LogP contribution in [0.5, 0.6) is 0 Å². The van der Waals surface area contributed by atoms with Gasteiger partial charge in [-0.3, -0.25) is 15.2 Å². The molecule has 0 spiro atoms. The van der Waals surface area contributed by atoms with Crippen molar-refractivity contribution in [3.05, 3.63) is 55.2 Å². The van der Waals surface area contributed by atoms with Crippen molar-refractivity contribution in [1.82, 2.24) is 29.1 Å². The van der Waals surface area contributed by atoms with Crippen LogP contribution in [-0.4, -0.2) is 89.5 Å². The van der Waals surface area contributed by atoms with Gasteiger partial charge in [0.05, 0.1) is 18.8 Å². The predicted molar refractivity (Wildman–Crippen MR) is 149 cm³/mol. The van der Waals surface area contributed by atoms with Gasteiger partial charge in [-0.1, -0.05) is 29.5 Å². The summed E-state index contributed by atoms with van der Waals surface area (Å²) in [4.78, 5) is 30.8. The first kappa shape index (κ1) is 26.9. The molecular weight excluding hydrogens is 540 g/mol. The third-order valence-corrected chi connectivity index (χ3v) is 9.60. The molecule has 1 fully saturated rings. The van der Waals surface area contributed by atoms with Crippen LogP contribution in [0.15, 0.2) is 59.5 Å². The molecule has 39 heavy (non-hydrogen) atoms. The fourth-order valence-corrected chi connectivity index (χ4v) is 7.07. The van der Waals surface area contributed by atoms with Crippen LogP contribution < -0.4 is 10.6 Å². The fourth-order valence-electron chi connectivity index (χ4n) is 4.48. The number of pyridine rings is 1. The number of para-hydroxylation sites is 1. The number of anilines is 2. The molecule has 4 aromatic rings. The van der Waals surface area contributed by atoms with E-state index >= 15 is 0 Å². The summed E-state index contributed by atoms with van der Waals surface area (Å²) in [6.45, 7) is 4.69. The molecule has 4 heterocycles. The van der Waals surface area contributed by atoms with Crippen LogP contribution in [0.2, 0.25) is 0 Å². The standard InChI is InChI=1S/C25H28N8O4S2/c1-17(30-23-20-7-3-6-19(22(20)28-16-29-23)18-5-4-8-26-13-18)15-32-9-11-33(12-10-32)39(35,36)21-14-27-24(38-21)31-25(34)37-2/h3-8,13-14,16-17H,9-12,15H2,1-2H3,(H,27,31,34)(H,28,29,30)/t17-/m0/s1. The van der Waals surface area contributed by atoms with Gasteiger partial charge in [-0.05, 0) is 19.1 Å². The summed E-state index contributed by atoms with van der Waals surface area (Å²) in [5.41, 5.74) is 2.83. The van der Waals surface area contributed by atoms with E-state index in [-0.39, 0.29) is 15.4 Å². The highest BCUT2D eigenvalue weighted by molar-refractivity contribution is 7.91. The number of aromatic nitrogens is 4. The number of ether oxygens (including phenoxy) is 1. The summed E-state index contributed by atoms with van der Waals surface area (Å²) in [5, 5.41) is 7.00. The van der Waals surface area contributed by atoms with Gasteiger partial charge < -0.3 is 10.1 Å². The number of fused-ring (bicyclic) bond motifs is 1. The van der Waals surface area contributed by atoms with Crippen LogP contribution in [0.3, 0.4) is 0 Å². The number of nitrogens with one attached hydrogen (secondary N) is 2. The lowest BCUT2D eigenvalue weighted by molar-refractivity contribution is 0.184. The zero-order valence-electron chi connectivity index (χ0n) is 21.4. The Balaban J connectivity index is 1.20. The van der Waals surface area contributed by atoms with Gasteiger partial charge in [-0.25, -0.2) is 28.2 Å². The molecule has 0 radical (unpaired) electrons. The molecule has 0 bridgehead atoms. The predicted octanol–water partition coefficient (Wildman–Crippen LogP) is 3.13. The highest BCUT2D eigenvalue weighted by Gasteiger charge is 2.31. The number of benzene rings is 1. The molecular formula is C25H28N8O4S2. The first-order chi connectivity index (χ1) is 18.8. The lowest BCUT2D eigenvalue weighted by Gasteiger charge is -2.35. The van der Waals surface area contributed by atoms with Crippen molar-refractivity contribution in [1.29, 1.82) is 0 Å². The highest BCUT2D eigenvalue weighted by Crippen LogP contribution is 2.30. The van der Waals surface area contributed by atoms with Crippen molar-refractivity contribution in [2.75, 3.05) is 50.5 Å². The monoisotopic (exact) mass is 568 g/mol. The Morgan fingerprint density at radius 3 is 2.67 bits per heavy atom. The Bertz CT molecular complexity index is 1560. The molecule has 0 aliphatic carbocycles. The lowest BCUT2D eigenvalue weighted by atomic mass is 10.0. The van der Waals surface area contributed by atoms with Crippen LogP contribution in [0.25, 0.3) is 22.0 Å². The fraction of sp³-hybridized carbons (Fsp3) is 0.320. The molecule has 12 nitrogen and oxygen atoms in total. The summed E-state index contributed by atoms with van der Waals surface area (Å²) in [6.07, 6.45) is 5.68. The van der Waals surface area contributed by atoms with Crippen LogP contribution in [0.1, 0.15) is 6.92 Å². The minimum atomic E-state index is -3.70. The molecule has 2 N–H and O–H groups in total. The molecule has 0 unspecified atom stereocenters. The van der Waals surface area contributed by atoms with Gasteiger partial charge in [0.25, 0.3) is 10.0 Å². The zero-order chi connectivity index (χ0) is 27.4. The third kappa shape index (κ3) is 5.98. The number of rotatable bonds is 8. The number of carbonyl (C=O) groups excluding carboxylic acids is 1. The molecule has 1 aliphatic heterocycles. The first-order valence-corrected chi connectivity index (χ1v) is 14.5. The van der Waals surface area contributed by atoms with Gasteiger partial charge >= 0.3 is 6.09 Å². The van der Waals surface area contributed by atoms with Crippen molar-refractivity contribution in [3.63, 3.8) is 0 Å². The zero-order valence-corrected chi connectivity index (χ0v) is 23.1. The van der Waals surface area contributed by atoms with E-state index in [0.29, 0.717) is 26.2 Å². The van der Waals surface area contributed by atoms with E-state index in [4.69, 9.17) is 0 Å². The molecule has 1 amide bonds. The Hall–Kier alpha value is -3.72. The summed E-state index contributed by atoms with van der Waals surface area (Å²) in [5.74, 6) is 0.751. The lowest BCUT2D eigenvalue weighted by Crippen LogP contribution is -2.50. The van der Waals surface area contributed by atoms with Crippen LogP contribution in [0.4, 0.5) is 15.7 Å². The maximum Gasteiger partial charge on any atom is 0.413 e. The normalized spacial score (nSPS) is 15.6. The number of nitrogens with zero attached hydrogens (tertiary/aromatic N) is 6. The molecule has 204 valence electrons. The Morgan fingerprint density at radius 2 is 1.92 bits per heavy atom. The summed E-state index contributed by atoms with van der Waals surface area (Å²) >= 11 is 0.898. The van der Waals surface area contributed by atoms with Crippen molar-refractivity contribution < 1.29 is 17.9 Å². The van der Waals surface area contributed by atoms with Crippen molar-refractivity contribution in [2.45, 2.75) is 17.2 Å². The van der Waals surface area contributed by atoms with Crippen molar-refractivity contribution >= 4 is 49.3 Å². The number of methoxy groups -OCH3 is 1. The number of amides is 1. The van der Waals surface area contributed by atoms with Crippen molar-refractivity contribution in [3.8, 4) is 11.1 Å². The third-order valence-electron chi connectivity index (χ3n) is 6.36. The quantitative estimate of drug-likeness (QED) is 0.325. The maximum absolute atomic E-state index is 13.1.